The third-order valence-electron chi connectivity index (χ3n) is 4.33. The summed E-state index contributed by atoms with van der Waals surface area (Å²) in [6.45, 7) is 5.91. The van der Waals surface area contributed by atoms with E-state index in [0.29, 0.717) is 25.2 Å². The van der Waals surface area contributed by atoms with Gasteiger partial charge in [-0.2, -0.15) is 0 Å². The number of likely N-dealkylation sites (tertiary alicyclic amines) is 1. The van der Waals surface area contributed by atoms with Gasteiger partial charge in [0, 0.05) is 39.9 Å². The molecule has 2 rings (SSSR count). The summed E-state index contributed by atoms with van der Waals surface area (Å²) in [5, 5.41) is 0. The van der Waals surface area contributed by atoms with Crippen molar-refractivity contribution < 1.29 is 9.59 Å². The zero-order valence-electron chi connectivity index (χ0n) is 14.5. The van der Waals surface area contributed by atoms with Crippen molar-refractivity contribution in [3.05, 3.63) is 23.9 Å². The number of likely N-dealkylation sites (N-methyl/N-ethyl adjacent to an activating group) is 1. The highest BCUT2D eigenvalue weighted by molar-refractivity contribution is 5.97. The van der Waals surface area contributed by atoms with Gasteiger partial charge in [-0.3, -0.25) is 9.59 Å². The van der Waals surface area contributed by atoms with Crippen LogP contribution in [0.4, 0.5) is 5.82 Å². The van der Waals surface area contributed by atoms with E-state index in [1.165, 1.54) is 0 Å². The van der Waals surface area contributed by atoms with Gasteiger partial charge in [-0.05, 0) is 38.8 Å². The number of pyridine rings is 1. The van der Waals surface area contributed by atoms with Gasteiger partial charge in [0.2, 0.25) is 5.91 Å². The van der Waals surface area contributed by atoms with Gasteiger partial charge in [-0.15, -0.1) is 0 Å². The Balaban J connectivity index is 2.15. The number of nitrogens with zero attached hydrogens (tertiary/aromatic N) is 4. The van der Waals surface area contributed by atoms with Crippen molar-refractivity contribution in [3.8, 4) is 0 Å². The first-order chi connectivity index (χ1) is 11.0. The van der Waals surface area contributed by atoms with Crippen LogP contribution in [0.5, 0.6) is 0 Å². The fraction of sp³-hybridized carbons (Fsp3) is 0.588. The molecule has 1 saturated heterocycles. The van der Waals surface area contributed by atoms with Crippen LogP contribution in [0.25, 0.3) is 0 Å². The third kappa shape index (κ3) is 3.63. The first-order valence-electron chi connectivity index (χ1n) is 8.22. The third-order valence-corrected chi connectivity index (χ3v) is 4.33. The fourth-order valence-electron chi connectivity index (χ4n) is 2.96. The Hall–Kier alpha value is -2.11. The lowest BCUT2D eigenvalue weighted by Crippen LogP contribution is -2.47. The molecule has 1 fully saturated rings. The van der Waals surface area contributed by atoms with Gasteiger partial charge in [-0.1, -0.05) is 0 Å². The smallest absolute Gasteiger partial charge is 0.256 e. The van der Waals surface area contributed by atoms with Crippen molar-refractivity contribution in [2.75, 3.05) is 38.6 Å². The molecule has 6 heteroatoms. The van der Waals surface area contributed by atoms with Gasteiger partial charge < -0.3 is 14.7 Å². The second-order valence-corrected chi connectivity index (χ2v) is 5.97. The Bertz CT molecular complexity index is 552. The van der Waals surface area contributed by atoms with Crippen LogP contribution in [0.15, 0.2) is 18.3 Å². The molecule has 0 aliphatic carbocycles. The standard InChI is InChI=1S/C17H26N4O2/c1-5-20(6-2)17(23)14-8-7-11-21(14)16(22)13-9-10-15(18-12-13)19(3)4/h9-10,12,14H,5-8,11H2,1-4H3. The maximum Gasteiger partial charge on any atom is 0.256 e. The van der Waals surface area contributed by atoms with Crippen LogP contribution >= 0.6 is 0 Å². The summed E-state index contributed by atoms with van der Waals surface area (Å²) in [6.07, 6.45) is 3.20. The molecule has 0 bridgehead atoms. The van der Waals surface area contributed by atoms with E-state index >= 15 is 0 Å². The summed E-state index contributed by atoms with van der Waals surface area (Å²) in [6, 6.07) is 3.27. The maximum atomic E-state index is 12.7. The number of anilines is 1. The largest absolute Gasteiger partial charge is 0.363 e. The molecule has 0 saturated carbocycles. The lowest BCUT2D eigenvalue weighted by Gasteiger charge is -2.29. The average molecular weight is 318 g/mol. The maximum absolute atomic E-state index is 12.7. The van der Waals surface area contributed by atoms with Crippen LogP contribution in [-0.2, 0) is 4.79 Å². The number of aromatic nitrogens is 1. The molecule has 6 nitrogen and oxygen atoms in total. The van der Waals surface area contributed by atoms with Crippen molar-refractivity contribution >= 4 is 17.6 Å². The summed E-state index contributed by atoms with van der Waals surface area (Å²) in [4.78, 5) is 35.0. The molecule has 1 aromatic heterocycles. The SMILES string of the molecule is CCN(CC)C(=O)C1CCCN1C(=O)c1ccc(N(C)C)nc1. The number of carbonyl (C=O) groups is 2. The Labute approximate surface area is 138 Å². The van der Waals surface area contributed by atoms with E-state index in [1.807, 2.05) is 38.9 Å². The van der Waals surface area contributed by atoms with Crippen molar-refractivity contribution in [1.82, 2.24) is 14.8 Å². The molecule has 2 amide bonds. The highest BCUT2D eigenvalue weighted by atomic mass is 16.2. The molecule has 23 heavy (non-hydrogen) atoms. The summed E-state index contributed by atoms with van der Waals surface area (Å²) in [5.41, 5.74) is 0.537. The summed E-state index contributed by atoms with van der Waals surface area (Å²) in [7, 11) is 3.81. The molecule has 1 aliphatic heterocycles. The normalized spacial score (nSPS) is 17.2. The Morgan fingerprint density at radius 1 is 1.26 bits per heavy atom. The number of carbonyl (C=O) groups excluding carboxylic acids is 2. The Kier molecular flexibility index (Phi) is 5.58. The number of hydrogen-bond donors (Lipinski definition) is 0. The summed E-state index contributed by atoms with van der Waals surface area (Å²) < 4.78 is 0. The van der Waals surface area contributed by atoms with Gasteiger partial charge >= 0.3 is 0 Å². The van der Waals surface area contributed by atoms with E-state index in [9.17, 15) is 9.59 Å². The van der Waals surface area contributed by atoms with Crippen LogP contribution in [0.3, 0.4) is 0 Å². The molecule has 0 radical (unpaired) electrons. The fourth-order valence-corrected chi connectivity index (χ4v) is 2.96. The molecule has 1 unspecified atom stereocenters. The molecule has 126 valence electrons. The lowest BCUT2D eigenvalue weighted by atomic mass is 10.1. The van der Waals surface area contributed by atoms with E-state index < -0.39 is 0 Å². The first-order valence-corrected chi connectivity index (χ1v) is 8.22. The van der Waals surface area contributed by atoms with Crippen molar-refractivity contribution in [3.63, 3.8) is 0 Å². The molecule has 1 aromatic rings. The quantitative estimate of drug-likeness (QED) is 0.828. The average Bonchev–Trinajstić information content (AvgIpc) is 3.04. The first kappa shape index (κ1) is 17.2. The van der Waals surface area contributed by atoms with Crippen LogP contribution in [-0.4, -0.2) is 66.4 Å². The van der Waals surface area contributed by atoms with E-state index in [0.717, 1.165) is 18.7 Å². The molecule has 1 aliphatic rings. The summed E-state index contributed by atoms with van der Waals surface area (Å²) in [5.74, 6) is 0.753. The highest BCUT2D eigenvalue weighted by Crippen LogP contribution is 2.22. The van der Waals surface area contributed by atoms with Gasteiger partial charge in [-0.25, -0.2) is 4.98 Å². The predicted molar refractivity (Wildman–Crippen MR) is 90.6 cm³/mol. The second kappa shape index (κ2) is 7.44. The Morgan fingerprint density at radius 2 is 1.96 bits per heavy atom. The van der Waals surface area contributed by atoms with Gasteiger partial charge in [0.15, 0.2) is 0 Å². The molecule has 0 N–H and O–H groups in total. The number of amides is 2. The van der Waals surface area contributed by atoms with E-state index in [-0.39, 0.29) is 17.9 Å². The topological polar surface area (TPSA) is 56.8 Å². The van der Waals surface area contributed by atoms with E-state index in [1.54, 1.807) is 22.1 Å². The van der Waals surface area contributed by atoms with Crippen molar-refractivity contribution in [2.24, 2.45) is 0 Å². The number of hydrogen-bond acceptors (Lipinski definition) is 4. The van der Waals surface area contributed by atoms with Gasteiger partial charge in [0.25, 0.3) is 5.91 Å². The molecule has 0 aromatic carbocycles. The minimum absolute atomic E-state index is 0.0544. The van der Waals surface area contributed by atoms with E-state index in [2.05, 4.69) is 4.98 Å². The second-order valence-electron chi connectivity index (χ2n) is 5.97. The zero-order valence-corrected chi connectivity index (χ0v) is 14.5. The number of rotatable bonds is 5. The molecule has 0 spiro atoms. The highest BCUT2D eigenvalue weighted by Gasteiger charge is 2.36. The van der Waals surface area contributed by atoms with Gasteiger partial charge in [0.05, 0.1) is 5.56 Å². The molecular weight excluding hydrogens is 292 g/mol. The Morgan fingerprint density at radius 3 is 2.48 bits per heavy atom. The zero-order chi connectivity index (χ0) is 17.0. The monoisotopic (exact) mass is 318 g/mol. The van der Waals surface area contributed by atoms with Crippen LogP contribution in [0, 0.1) is 0 Å². The van der Waals surface area contributed by atoms with Crippen molar-refractivity contribution in [1.29, 1.82) is 0 Å². The van der Waals surface area contributed by atoms with Crippen LogP contribution in [0.1, 0.15) is 37.0 Å². The minimum atomic E-state index is -0.337. The predicted octanol–water partition coefficient (Wildman–Crippen LogP) is 1.62. The van der Waals surface area contributed by atoms with Crippen LogP contribution < -0.4 is 4.90 Å². The van der Waals surface area contributed by atoms with E-state index in [4.69, 9.17) is 0 Å². The molecular formula is C17H26N4O2. The molecule has 2 heterocycles. The minimum Gasteiger partial charge on any atom is -0.363 e. The molecule has 1 atom stereocenters. The van der Waals surface area contributed by atoms with Gasteiger partial charge in [0.1, 0.15) is 11.9 Å². The van der Waals surface area contributed by atoms with Crippen LogP contribution in [0.2, 0.25) is 0 Å². The summed E-state index contributed by atoms with van der Waals surface area (Å²) >= 11 is 0. The lowest BCUT2D eigenvalue weighted by molar-refractivity contribution is -0.134. The van der Waals surface area contributed by atoms with Crippen molar-refractivity contribution in [2.45, 2.75) is 32.7 Å².